The number of amides is 3. The Labute approximate surface area is 396 Å². The van der Waals surface area contributed by atoms with Crippen LogP contribution in [0, 0.1) is 5.92 Å². The number of ketones is 1. The van der Waals surface area contributed by atoms with Crippen LogP contribution < -0.4 is 27.4 Å². The van der Waals surface area contributed by atoms with Crippen molar-refractivity contribution in [2.75, 3.05) is 59.5 Å². The average Bonchev–Trinajstić information content (AvgIpc) is 3.75. The van der Waals surface area contributed by atoms with E-state index in [0.29, 0.717) is 92.0 Å². The quantitative estimate of drug-likeness (QED) is 0.0747. The van der Waals surface area contributed by atoms with Gasteiger partial charge in [0.05, 0.1) is 24.3 Å². The fourth-order valence-corrected chi connectivity index (χ4v) is 10.1. The van der Waals surface area contributed by atoms with Crippen LogP contribution in [-0.2, 0) is 38.6 Å². The van der Waals surface area contributed by atoms with Gasteiger partial charge in [0, 0.05) is 98.8 Å². The lowest BCUT2D eigenvalue weighted by Gasteiger charge is -2.31. The molecule has 350 valence electrons. The van der Waals surface area contributed by atoms with Crippen LogP contribution in [0.25, 0.3) is 22.0 Å². The van der Waals surface area contributed by atoms with E-state index < -0.39 is 18.0 Å². The maximum absolute atomic E-state index is 14.9. The maximum atomic E-state index is 14.9. The van der Waals surface area contributed by atoms with Crippen LogP contribution >= 0.6 is 23.4 Å². The molecule has 2 aliphatic heterocycles. The molecule has 4 heterocycles. The van der Waals surface area contributed by atoms with E-state index >= 15 is 0 Å². The number of carbonyl (C=O) groups excluding carboxylic acids is 4. The molecule has 14 nitrogen and oxygen atoms in total. The monoisotopic (exact) mass is 935 g/mol. The molecule has 3 amide bonds. The second-order valence-electron chi connectivity index (χ2n) is 17.0. The number of hydrogen-bond donors (Lipinski definition) is 6. The van der Waals surface area contributed by atoms with Crippen LogP contribution in [0.2, 0.25) is 5.02 Å². The molecule has 3 atom stereocenters. The van der Waals surface area contributed by atoms with Gasteiger partial charge in [0.1, 0.15) is 11.1 Å². The van der Waals surface area contributed by atoms with Crippen LogP contribution in [0.5, 0.6) is 0 Å². The number of hydrogen-bond acceptors (Lipinski definition) is 11. The fourth-order valence-electron chi connectivity index (χ4n) is 8.77. The fraction of sp³-hybridized carbons (Fsp3) is 0.420. The number of aromatic nitrogens is 2. The van der Waals surface area contributed by atoms with Crippen molar-refractivity contribution in [3.05, 3.63) is 112 Å². The molecule has 5 aromatic rings. The summed E-state index contributed by atoms with van der Waals surface area (Å²) < 4.78 is 5.45. The maximum Gasteiger partial charge on any atom is 0.251 e. The van der Waals surface area contributed by atoms with Crippen LogP contribution in [0.4, 0.5) is 0 Å². The number of likely N-dealkylation sites (N-methyl/N-ethyl adjacent to an activating group) is 1. The van der Waals surface area contributed by atoms with Crippen LogP contribution in [-0.4, -0.2) is 115 Å². The number of para-hydroxylation sites is 1. The summed E-state index contributed by atoms with van der Waals surface area (Å²) in [5.74, 6) is -1.56. The van der Waals surface area contributed by atoms with Crippen molar-refractivity contribution in [3.63, 3.8) is 0 Å². The number of aromatic amines is 1. The van der Waals surface area contributed by atoms with Gasteiger partial charge >= 0.3 is 0 Å². The van der Waals surface area contributed by atoms with Crippen LogP contribution in [0.1, 0.15) is 65.6 Å². The van der Waals surface area contributed by atoms with Crippen LogP contribution in [0.3, 0.4) is 0 Å². The lowest BCUT2D eigenvalue weighted by Crippen LogP contribution is -2.51. The summed E-state index contributed by atoms with van der Waals surface area (Å²) in [7, 11) is 1.66. The van der Waals surface area contributed by atoms with Crippen molar-refractivity contribution in [1.82, 2.24) is 35.7 Å². The number of morpholine rings is 1. The molecule has 3 aromatic carbocycles. The van der Waals surface area contributed by atoms with E-state index in [9.17, 15) is 19.2 Å². The van der Waals surface area contributed by atoms with Crippen molar-refractivity contribution in [1.29, 1.82) is 0 Å². The summed E-state index contributed by atoms with van der Waals surface area (Å²) in [4.78, 5) is 69.9. The number of nitrogens with two attached hydrogens (primary N) is 2. The number of ether oxygens (including phenoxy) is 1. The van der Waals surface area contributed by atoms with Crippen molar-refractivity contribution in [2.45, 2.75) is 80.0 Å². The van der Waals surface area contributed by atoms with Crippen LogP contribution in [0.15, 0.2) is 95.1 Å². The highest BCUT2D eigenvalue weighted by molar-refractivity contribution is 7.99. The summed E-state index contributed by atoms with van der Waals surface area (Å²) in [5.41, 5.74) is 17.4. The van der Waals surface area contributed by atoms with Crippen molar-refractivity contribution >= 4 is 57.8 Å². The largest absolute Gasteiger partial charge is 0.379 e. The number of benzene rings is 3. The highest BCUT2D eigenvalue weighted by atomic mass is 35.5. The van der Waals surface area contributed by atoms with Gasteiger partial charge in [0.15, 0.2) is 5.78 Å². The Kier molecular flexibility index (Phi) is 17.8. The van der Waals surface area contributed by atoms with E-state index in [1.54, 1.807) is 25.4 Å². The first-order valence-corrected chi connectivity index (χ1v) is 24.2. The molecule has 0 aliphatic carbocycles. The van der Waals surface area contributed by atoms with Gasteiger partial charge in [-0.1, -0.05) is 72.2 Å². The molecule has 0 saturated carbocycles. The molecular formula is C50H62ClN9O5S. The molecule has 66 heavy (non-hydrogen) atoms. The molecule has 16 heteroatoms. The normalized spacial score (nSPS) is 19.2. The van der Waals surface area contributed by atoms with Crippen molar-refractivity contribution in [3.8, 4) is 11.1 Å². The van der Waals surface area contributed by atoms with Gasteiger partial charge in [0.2, 0.25) is 11.8 Å². The number of unbranched alkanes of at least 4 members (excludes halogenated alkanes) is 1. The first-order chi connectivity index (χ1) is 32.1. The minimum atomic E-state index is -0.937. The molecule has 0 radical (unpaired) electrons. The number of rotatable bonds is 14. The summed E-state index contributed by atoms with van der Waals surface area (Å²) in [6, 6.07) is 21.3. The zero-order valence-electron chi connectivity index (χ0n) is 37.7. The molecule has 1 fully saturated rings. The Balaban J connectivity index is 1.26. The lowest BCUT2D eigenvalue weighted by atomic mass is 9.90. The number of halogens is 1. The molecule has 0 spiro atoms. The third-order valence-electron chi connectivity index (χ3n) is 12.6. The van der Waals surface area contributed by atoms with Gasteiger partial charge < -0.3 is 42.0 Å². The van der Waals surface area contributed by atoms with Gasteiger partial charge in [-0.3, -0.25) is 24.1 Å². The minimum Gasteiger partial charge on any atom is -0.379 e. The second kappa shape index (κ2) is 24.1. The van der Waals surface area contributed by atoms with E-state index in [-0.39, 0.29) is 42.9 Å². The molecule has 2 aromatic heterocycles. The van der Waals surface area contributed by atoms with Crippen molar-refractivity contribution in [2.24, 2.45) is 17.4 Å². The molecular weight excluding hydrogens is 874 g/mol. The number of H-pyrrole nitrogens is 1. The predicted octanol–water partition coefficient (Wildman–Crippen LogP) is 5.70. The standard InChI is InChI=1S/C50H62ClN9O5S/c1-59-44(28-37-31-56-42-11-3-2-10-39(37)42)48(63)58-32-40-38(33-13-15-34(16-14-33)47(62)54-22-23-60-24-26-65-27-25-60)17-18-41(51)46(40)66-49-36(9-7-21-55-49)30-57-43(12-6-20-53)45(61)29-35(50(59)64)8-4-5-19-52/h2-3,7,9-11,13-18,21,31,35,43-44,56-57H,4-6,8,12,19-20,22-30,32,52-53H2,1H3,(H,54,62)(H,58,63)/t35-,43+,44+/m1/s1. The number of Topliss-reactive ketones (excluding diaryl/α,β-unsaturated/α-hetero) is 1. The molecule has 0 bridgehead atoms. The first kappa shape index (κ1) is 48.8. The number of nitrogens with zero attached hydrogens (tertiary/aromatic N) is 3. The summed E-state index contributed by atoms with van der Waals surface area (Å²) in [6.45, 7) is 5.62. The highest BCUT2D eigenvalue weighted by Gasteiger charge is 2.35. The third kappa shape index (κ3) is 12.4. The summed E-state index contributed by atoms with van der Waals surface area (Å²) >= 11 is 8.51. The molecule has 1 saturated heterocycles. The Bertz CT molecular complexity index is 2440. The number of fused-ring (bicyclic) bond motifs is 3. The van der Waals surface area contributed by atoms with E-state index in [1.165, 1.54) is 16.7 Å². The SMILES string of the molecule is CN1C(=O)[C@H](CCCCN)CC(=O)[C@H](CCCN)NCc2cccnc2Sc2c(Cl)ccc(-c3ccc(C(=O)NCCN4CCOCC4)cc3)c2CNC(=O)[C@@H]1Cc1c[nH]c2ccccc12. The highest BCUT2D eigenvalue weighted by Crippen LogP contribution is 2.41. The van der Waals surface area contributed by atoms with Gasteiger partial charge in [-0.05, 0) is 96.9 Å². The van der Waals surface area contributed by atoms with E-state index in [1.807, 2.05) is 66.9 Å². The predicted molar refractivity (Wildman–Crippen MR) is 260 cm³/mol. The van der Waals surface area contributed by atoms with E-state index in [0.717, 1.165) is 58.4 Å². The Hall–Kier alpha value is -5.13. The Morgan fingerprint density at radius 3 is 2.52 bits per heavy atom. The molecule has 0 unspecified atom stereocenters. The first-order valence-electron chi connectivity index (χ1n) is 23.0. The minimum absolute atomic E-state index is 0.00531. The number of pyridine rings is 1. The van der Waals surface area contributed by atoms with Crippen molar-refractivity contribution < 1.29 is 23.9 Å². The van der Waals surface area contributed by atoms with Gasteiger partial charge in [0.25, 0.3) is 5.91 Å². The molecule has 7 rings (SSSR count). The number of nitrogens with one attached hydrogen (secondary N) is 4. The van der Waals surface area contributed by atoms with Gasteiger partial charge in [-0.25, -0.2) is 4.98 Å². The summed E-state index contributed by atoms with van der Waals surface area (Å²) in [6.07, 6.45) is 6.75. The van der Waals surface area contributed by atoms with E-state index in [2.05, 4.69) is 25.8 Å². The topological polar surface area (TPSA) is 201 Å². The molecule has 8 N–H and O–H groups in total. The average molecular weight is 937 g/mol. The van der Waals surface area contributed by atoms with Gasteiger partial charge in [-0.2, -0.15) is 0 Å². The number of carbonyl (C=O) groups is 4. The third-order valence-corrected chi connectivity index (χ3v) is 14.3. The lowest BCUT2D eigenvalue weighted by molar-refractivity contribution is -0.143. The second-order valence-corrected chi connectivity index (χ2v) is 18.4. The van der Waals surface area contributed by atoms with Gasteiger partial charge in [-0.15, -0.1) is 0 Å². The van der Waals surface area contributed by atoms with E-state index in [4.69, 9.17) is 32.8 Å². The summed E-state index contributed by atoms with van der Waals surface area (Å²) in [5, 5.41) is 11.9. The Morgan fingerprint density at radius 1 is 0.939 bits per heavy atom. The smallest absolute Gasteiger partial charge is 0.251 e. The molecule has 2 aliphatic rings. The Morgan fingerprint density at radius 2 is 1.73 bits per heavy atom. The zero-order valence-corrected chi connectivity index (χ0v) is 39.2. The zero-order chi connectivity index (χ0) is 46.4.